The van der Waals surface area contributed by atoms with Crippen LogP contribution >= 0.6 is 0 Å². The molecule has 1 aliphatic heterocycles. The number of benzene rings is 1. The first kappa shape index (κ1) is 19.7. The highest BCUT2D eigenvalue weighted by atomic mass is 19.4. The Labute approximate surface area is 169 Å². The van der Waals surface area contributed by atoms with Crippen LogP contribution < -0.4 is 10.6 Å². The number of nitrogens with zero attached hydrogens (tertiary/aromatic N) is 4. The van der Waals surface area contributed by atoms with E-state index in [0.717, 1.165) is 29.0 Å². The number of rotatable bonds is 5. The zero-order valence-corrected chi connectivity index (χ0v) is 15.8. The maximum Gasteiger partial charge on any atom is 0.433 e. The van der Waals surface area contributed by atoms with Gasteiger partial charge in [-0.15, -0.1) is 0 Å². The number of ether oxygens (including phenoxy) is 1. The lowest BCUT2D eigenvalue weighted by atomic mass is 10.1. The Kier molecular flexibility index (Phi) is 5.02. The number of carbonyl (C=O) groups is 1. The molecular weight excluding hydrogens is 401 g/mol. The first-order valence-electron chi connectivity index (χ1n) is 9.02. The van der Waals surface area contributed by atoms with Gasteiger partial charge >= 0.3 is 12.3 Å². The SMILES string of the molecule is Cc1cc(Nc2nccc(C(F)(F)F)n2)cc(-c2cnn(C[C@H]3CNC(=O)O3)c2)c1. The number of halogens is 3. The molecule has 0 radical (unpaired) electrons. The minimum absolute atomic E-state index is 0.146. The number of hydrogen-bond acceptors (Lipinski definition) is 6. The minimum atomic E-state index is -4.55. The largest absolute Gasteiger partial charge is 0.442 e. The van der Waals surface area contributed by atoms with Crippen LogP contribution in [0, 0.1) is 6.92 Å². The fourth-order valence-corrected chi connectivity index (χ4v) is 3.08. The summed E-state index contributed by atoms with van der Waals surface area (Å²) in [4.78, 5) is 18.5. The number of nitrogens with one attached hydrogen (secondary N) is 2. The van der Waals surface area contributed by atoms with Crippen molar-refractivity contribution in [3.8, 4) is 11.1 Å². The number of hydrogen-bond donors (Lipinski definition) is 2. The standard InChI is InChI=1S/C19H17F3N6O2/c1-11-4-12(13-7-25-28(9-13)10-15-8-24-18(29)30-15)6-14(5-11)26-17-23-3-2-16(27-17)19(20,21)22/h2-7,9,15H,8,10H2,1H3,(H,24,29)(H,23,26,27)/t15-/m1/s1. The van der Waals surface area contributed by atoms with Gasteiger partial charge in [0, 0.05) is 23.6 Å². The van der Waals surface area contributed by atoms with E-state index in [1.807, 2.05) is 19.2 Å². The summed E-state index contributed by atoms with van der Waals surface area (Å²) in [6.45, 7) is 2.70. The van der Waals surface area contributed by atoms with E-state index >= 15 is 0 Å². The van der Waals surface area contributed by atoms with Crippen LogP contribution in [0.25, 0.3) is 11.1 Å². The average molecular weight is 418 g/mol. The molecule has 30 heavy (non-hydrogen) atoms. The predicted octanol–water partition coefficient (Wildman–Crippen LogP) is 3.52. The van der Waals surface area contributed by atoms with Gasteiger partial charge in [0.05, 0.1) is 19.3 Å². The number of anilines is 2. The predicted molar refractivity (Wildman–Crippen MR) is 101 cm³/mol. The maximum absolute atomic E-state index is 12.9. The maximum atomic E-state index is 12.9. The summed E-state index contributed by atoms with van der Waals surface area (Å²) in [6, 6.07) is 6.30. The second kappa shape index (κ2) is 7.65. The van der Waals surface area contributed by atoms with Gasteiger partial charge in [-0.2, -0.15) is 18.3 Å². The number of alkyl carbamates (subject to hydrolysis) is 1. The Morgan fingerprint density at radius 2 is 2.13 bits per heavy atom. The summed E-state index contributed by atoms with van der Waals surface area (Å²) in [5, 5.41) is 9.70. The summed E-state index contributed by atoms with van der Waals surface area (Å²) in [5.74, 6) is -0.146. The van der Waals surface area contributed by atoms with Gasteiger partial charge in [0.2, 0.25) is 5.95 Å². The Balaban J connectivity index is 1.53. The quantitative estimate of drug-likeness (QED) is 0.659. The van der Waals surface area contributed by atoms with E-state index in [9.17, 15) is 18.0 Å². The normalized spacial score (nSPS) is 16.3. The summed E-state index contributed by atoms with van der Waals surface area (Å²) < 4.78 is 45.4. The molecule has 2 aromatic heterocycles. The molecule has 8 nitrogen and oxygen atoms in total. The van der Waals surface area contributed by atoms with Crippen molar-refractivity contribution in [1.82, 2.24) is 25.1 Å². The highest BCUT2D eigenvalue weighted by Crippen LogP contribution is 2.29. The molecule has 0 unspecified atom stereocenters. The van der Waals surface area contributed by atoms with Crippen LogP contribution in [0.2, 0.25) is 0 Å². The van der Waals surface area contributed by atoms with E-state index in [-0.39, 0.29) is 12.1 Å². The Bertz CT molecular complexity index is 1080. The third-order valence-corrected chi connectivity index (χ3v) is 4.38. The zero-order valence-electron chi connectivity index (χ0n) is 15.8. The molecule has 0 spiro atoms. The molecule has 1 atom stereocenters. The van der Waals surface area contributed by atoms with Crippen molar-refractivity contribution in [3.63, 3.8) is 0 Å². The molecule has 3 heterocycles. The number of cyclic esters (lactones) is 1. The van der Waals surface area contributed by atoms with E-state index < -0.39 is 18.0 Å². The van der Waals surface area contributed by atoms with E-state index in [1.165, 1.54) is 0 Å². The molecule has 1 amide bonds. The van der Waals surface area contributed by atoms with Gasteiger partial charge in [-0.25, -0.2) is 14.8 Å². The zero-order chi connectivity index (χ0) is 21.3. The van der Waals surface area contributed by atoms with Gasteiger partial charge in [-0.1, -0.05) is 6.07 Å². The number of aryl methyl sites for hydroxylation is 1. The number of aromatic nitrogens is 4. The molecular formula is C19H17F3N6O2. The van der Waals surface area contributed by atoms with Gasteiger partial charge in [0.1, 0.15) is 11.8 Å². The summed E-state index contributed by atoms with van der Waals surface area (Å²) >= 11 is 0. The molecule has 11 heteroatoms. The van der Waals surface area contributed by atoms with Crippen LogP contribution in [-0.4, -0.2) is 38.5 Å². The van der Waals surface area contributed by atoms with Crippen LogP contribution in [0.15, 0.2) is 42.9 Å². The first-order valence-corrected chi connectivity index (χ1v) is 9.02. The molecule has 1 fully saturated rings. The Hall–Kier alpha value is -3.63. The van der Waals surface area contributed by atoms with Crippen LogP contribution in [0.4, 0.5) is 29.6 Å². The topological polar surface area (TPSA) is 94.0 Å². The highest BCUT2D eigenvalue weighted by molar-refractivity contribution is 5.70. The lowest BCUT2D eigenvalue weighted by Crippen LogP contribution is -2.20. The number of carbonyl (C=O) groups excluding carboxylic acids is 1. The number of amides is 1. The van der Waals surface area contributed by atoms with Crippen molar-refractivity contribution in [3.05, 3.63) is 54.1 Å². The monoisotopic (exact) mass is 418 g/mol. The second-order valence-corrected chi connectivity index (χ2v) is 6.84. The fourth-order valence-electron chi connectivity index (χ4n) is 3.08. The molecule has 4 rings (SSSR count). The van der Waals surface area contributed by atoms with Gasteiger partial charge in [0.25, 0.3) is 0 Å². The Morgan fingerprint density at radius 3 is 2.87 bits per heavy atom. The molecule has 0 saturated carbocycles. The van der Waals surface area contributed by atoms with Crippen molar-refractivity contribution in [2.24, 2.45) is 0 Å². The molecule has 156 valence electrons. The van der Waals surface area contributed by atoms with Crippen LogP contribution in [0.1, 0.15) is 11.3 Å². The molecule has 2 N–H and O–H groups in total. The molecule has 1 aliphatic rings. The summed E-state index contributed by atoms with van der Waals surface area (Å²) in [5.41, 5.74) is 2.05. The van der Waals surface area contributed by atoms with Gasteiger partial charge < -0.3 is 15.4 Å². The lowest BCUT2D eigenvalue weighted by Gasteiger charge is -2.10. The van der Waals surface area contributed by atoms with Crippen LogP contribution in [0.3, 0.4) is 0 Å². The smallest absolute Gasteiger partial charge is 0.433 e. The lowest BCUT2D eigenvalue weighted by molar-refractivity contribution is -0.141. The average Bonchev–Trinajstić information content (AvgIpc) is 3.30. The van der Waals surface area contributed by atoms with Gasteiger partial charge in [-0.3, -0.25) is 4.68 Å². The van der Waals surface area contributed by atoms with Crippen LogP contribution in [-0.2, 0) is 17.5 Å². The first-order chi connectivity index (χ1) is 14.3. The second-order valence-electron chi connectivity index (χ2n) is 6.84. The third-order valence-electron chi connectivity index (χ3n) is 4.38. The highest BCUT2D eigenvalue weighted by Gasteiger charge is 2.32. The molecule has 3 aromatic rings. The van der Waals surface area contributed by atoms with E-state index in [2.05, 4.69) is 25.7 Å². The summed E-state index contributed by atoms with van der Waals surface area (Å²) in [7, 11) is 0. The van der Waals surface area contributed by atoms with E-state index in [1.54, 1.807) is 23.0 Å². The Morgan fingerprint density at radius 1 is 1.30 bits per heavy atom. The van der Waals surface area contributed by atoms with Gasteiger partial charge in [-0.05, 0) is 36.2 Å². The molecule has 1 saturated heterocycles. The fraction of sp³-hybridized carbons (Fsp3) is 0.263. The van der Waals surface area contributed by atoms with Crippen molar-refractivity contribution < 1.29 is 22.7 Å². The van der Waals surface area contributed by atoms with Crippen molar-refractivity contribution >= 4 is 17.7 Å². The van der Waals surface area contributed by atoms with Crippen molar-refractivity contribution in [2.75, 3.05) is 11.9 Å². The number of alkyl halides is 3. The van der Waals surface area contributed by atoms with Crippen molar-refractivity contribution in [2.45, 2.75) is 25.7 Å². The molecule has 1 aromatic carbocycles. The minimum Gasteiger partial charge on any atom is -0.442 e. The molecule has 0 bridgehead atoms. The van der Waals surface area contributed by atoms with E-state index in [4.69, 9.17) is 4.74 Å². The van der Waals surface area contributed by atoms with Crippen molar-refractivity contribution in [1.29, 1.82) is 0 Å². The third kappa shape index (κ3) is 4.50. The van der Waals surface area contributed by atoms with E-state index in [0.29, 0.717) is 18.8 Å². The van der Waals surface area contributed by atoms with Crippen LogP contribution in [0.5, 0.6) is 0 Å². The van der Waals surface area contributed by atoms with Gasteiger partial charge in [0.15, 0.2) is 0 Å². The summed E-state index contributed by atoms with van der Waals surface area (Å²) in [6.07, 6.45) is -0.746. The molecule has 0 aliphatic carbocycles.